The van der Waals surface area contributed by atoms with E-state index in [1.165, 1.54) is 0 Å². The van der Waals surface area contributed by atoms with Crippen molar-refractivity contribution in [1.82, 2.24) is 10.2 Å². The van der Waals surface area contributed by atoms with Crippen LogP contribution in [0.3, 0.4) is 0 Å². The quantitative estimate of drug-likeness (QED) is 0.521. The molecule has 72 valence electrons. The van der Waals surface area contributed by atoms with Gasteiger partial charge >= 0.3 is 6.03 Å². The molecule has 0 aromatic heterocycles. The summed E-state index contributed by atoms with van der Waals surface area (Å²) >= 11 is 0. The summed E-state index contributed by atoms with van der Waals surface area (Å²) in [5.41, 5.74) is 4.84. The standard InChI is InChI=1S/C7H17N3O2/c1-10(2)4-6-12-5-3-9-7(8)11/h3-6H2,1-2H3,(H3,8,9,11). The van der Waals surface area contributed by atoms with Crippen molar-refractivity contribution in [2.75, 3.05) is 40.4 Å². The number of ether oxygens (including phenoxy) is 1. The van der Waals surface area contributed by atoms with Gasteiger partial charge in [0.2, 0.25) is 0 Å². The van der Waals surface area contributed by atoms with Gasteiger partial charge in [0.05, 0.1) is 13.2 Å². The Bertz CT molecular complexity index is 128. The number of carbonyl (C=O) groups is 1. The Morgan fingerprint density at radius 3 is 2.67 bits per heavy atom. The number of carbonyl (C=O) groups excluding carboxylic acids is 1. The van der Waals surface area contributed by atoms with Crippen molar-refractivity contribution in [2.45, 2.75) is 0 Å². The van der Waals surface area contributed by atoms with Gasteiger partial charge in [-0.2, -0.15) is 0 Å². The summed E-state index contributed by atoms with van der Waals surface area (Å²) in [7, 11) is 3.95. The van der Waals surface area contributed by atoms with Crippen molar-refractivity contribution in [3.8, 4) is 0 Å². The second-order valence-electron chi connectivity index (χ2n) is 2.71. The molecule has 0 heterocycles. The second-order valence-corrected chi connectivity index (χ2v) is 2.71. The zero-order valence-electron chi connectivity index (χ0n) is 7.67. The number of primary amides is 1. The van der Waals surface area contributed by atoms with Crippen LogP contribution < -0.4 is 11.1 Å². The molecule has 2 amide bonds. The number of likely N-dealkylation sites (N-methyl/N-ethyl adjacent to an activating group) is 1. The smallest absolute Gasteiger partial charge is 0.312 e. The van der Waals surface area contributed by atoms with E-state index in [-0.39, 0.29) is 0 Å². The maximum Gasteiger partial charge on any atom is 0.312 e. The Morgan fingerprint density at radius 1 is 1.50 bits per heavy atom. The molecule has 0 aliphatic rings. The maximum atomic E-state index is 10.2. The molecule has 0 aromatic carbocycles. The molecule has 0 radical (unpaired) electrons. The molecule has 0 fully saturated rings. The predicted octanol–water partition coefficient (Wildman–Crippen LogP) is -0.767. The first-order chi connectivity index (χ1) is 5.63. The molecule has 0 aromatic rings. The van der Waals surface area contributed by atoms with Crippen LogP contribution >= 0.6 is 0 Å². The number of amides is 2. The molecule has 12 heavy (non-hydrogen) atoms. The number of nitrogens with zero attached hydrogens (tertiary/aromatic N) is 1. The van der Waals surface area contributed by atoms with Gasteiger partial charge < -0.3 is 20.7 Å². The largest absolute Gasteiger partial charge is 0.378 e. The molecular formula is C7H17N3O2. The van der Waals surface area contributed by atoms with Gasteiger partial charge in [-0.05, 0) is 14.1 Å². The summed E-state index contributed by atoms with van der Waals surface area (Å²) in [5, 5.41) is 2.43. The minimum absolute atomic E-state index is 0.475. The SMILES string of the molecule is CN(C)CCOCCNC(N)=O. The van der Waals surface area contributed by atoms with Crippen molar-refractivity contribution in [2.24, 2.45) is 5.73 Å². The van der Waals surface area contributed by atoms with Crippen LogP contribution in [-0.2, 0) is 4.74 Å². The highest BCUT2D eigenvalue weighted by Gasteiger charge is 1.92. The van der Waals surface area contributed by atoms with Crippen LogP contribution in [0.25, 0.3) is 0 Å². The zero-order valence-corrected chi connectivity index (χ0v) is 7.67. The van der Waals surface area contributed by atoms with E-state index in [9.17, 15) is 4.79 Å². The Kier molecular flexibility index (Phi) is 6.41. The minimum Gasteiger partial charge on any atom is -0.378 e. The Morgan fingerprint density at radius 2 is 2.17 bits per heavy atom. The van der Waals surface area contributed by atoms with E-state index in [1.54, 1.807) is 0 Å². The molecule has 0 atom stereocenters. The van der Waals surface area contributed by atoms with Gasteiger partial charge in [0, 0.05) is 13.1 Å². The lowest BCUT2D eigenvalue weighted by Gasteiger charge is -2.09. The third-order valence-corrected chi connectivity index (χ3v) is 1.23. The highest BCUT2D eigenvalue weighted by molar-refractivity contribution is 5.71. The molecule has 0 aliphatic carbocycles. The Labute approximate surface area is 72.9 Å². The first-order valence-corrected chi connectivity index (χ1v) is 3.88. The monoisotopic (exact) mass is 175 g/mol. The molecule has 0 saturated heterocycles. The Balaban J connectivity index is 2.96. The van der Waals surface area contributed by atoms with E-state index >= 15 is 0 Å². The molecule has 3 N–H and O–H groups in total. The molecule has 0 aliphatic heterocycles. The van der Waals surface area contributed by atoms with Gasteiger partial charge in [-0.1, -0.05) is 0 Å². The van der Waals surface area contributed by atoms with E-state index in [1.807, 2.05) is 19.0 Å². The highest BCUT2D eigenvalue weighted by Crippen LogP contribution is 1.77. The number of hydrogen-bond donors (Lipinski definition) is 2. The number of hydrogen-bond acceptors (Lipinski definition) is 3. The fourth-order valence-corrected chi connectivity index (χ4v) is 0.596. The van der Waals surface area contributed by atoms with Crippen LogP contribution in [0, 0.1) is 0 Å². The third kappa shape index (κ3) is 9.19. The summed E-state index contributed by atoms with van der Waals surface area (Å²) in [4.78, 5) is 12.2. The van der Waals surface area contributed by atoms with Gasteiger partial charge in [-0.15, -0.1) is 0 Å². The number of nitrogens with one attached hydrogen (secondary N) is 1. The maximum absolute atomic E-state index is 10.2. The highest BCUT2D eigenvalue weighted by atomic mass is 16.5. The van der Waals surface area contributed by atoms with Crippen LogP contribution in [-0.4, -0.2) is 51.3 Å². The molecule has 0 spiro atoms. The van der Waals surface area contributed by atoms with Gasteiger partial charge in [0.25, 0.3) is 0 Å². The lowest BCUT2D eigenvalue weighted by atomic mass is 10.6. The lowest BCUT2D eigenvalue weighted by molar-refractivity contribution is 0.120. The molecule has 5 nitrogen and oxygen atoms in total. The van der Waals surface area contributed by atoms with Crippen LogP contribution in [0.4, 0.5) is 4.79 Å². The molecule has 0 rings (SSSR count). The van der Waals surface area contributed by atoms with E-state index in [0.29, 0.717) is 19.8 Å². The summed E-state index contributed by atoms with van der Waals surface area (Å²) < 4.78 is 5.18. The van der Waals surface area contributed by atoms with Crippen molar-refractivity contribution < 1.29 is 9.53 Å². The van der Waals surface area contributed by atoms with E-state index < -0.39 is 6.03 Å². The topological polar surface area (TPSA) is 67.6 Å². The predicted molar refractivity (Wildman–Crippen MR) is 47.0 cm³/mol. The van der Waals surface area contributed by atoms with Crippen molar-refractivity contribution in [3.63, 3.8) is 0 Å². The van der Waals surface area contributed by atoms with E-state index in [2.05, 4.69) is 5.32 Å². The summed E-state index contributed by atoms with van der Waals surface area (Å²) in [6, 6.07) is -0.508. The van der Waals surface area contributed by atoms with Crippen molar-refractivity contribution in [1.29, 1.82) is 0 Å². The summed E-state index contributed by atoms with van der Waals surface area (Å²) in [5.74, 6) is 0. The fraction of sp³-hybridized carbons (Fsp3) is 0.857. The number of nitrogens with two attached hydrogens (primary N) is 1. The second kappa shape index (κ2) is 6.87. The third-order valence-electron chi connectivity index (χ3n) is 1.23. The zero-order chi connectivity index (χ0) is 9.40. The van der Waals surface area contributed by atoms with Crippen LogP contribution in [0.15, 0.2) is 0 Å². The first kappa shape index (κ1) is 11.2. The van der Waals surface area contributed by atoms with Crippen molar-refractivity contribution >= 4 is 6.03 Å². The minimum atomic E-state index is -0.508. The van der Waals surface area contributed by atoms with E-state index in [4.69, 9.17) is 10.5 Å². The number of rotatable bonds is 6. The fourth-order valence-electron chi connectivity index (χ4n) is 0.596. The summed E-state index contributed by atoms with van der Waals surface area (Å²) in [6.07, 6.45) is 0. The van der Waals surface area contributed by atoms with Gasteiger partial charge in [0.1, 0.15) is 0 Å². The van der Waals surface area contributed by atoms with Crippen LogP contribution in [0.5, 0.6) is 0 Å². The molecule has 0 bridgehead atoms. The lowest BCUT2D eigenvalue weighted by Crippen LogP contribution is -2.32. The van der Waals surface area contributed by atoms with Gasteiger partial charge in [-0.25, -0.2) is 4.79 Å². The number of urea groups is 1. The molecule has 0 saturated carbocycles. The Hall–Kier alpha value is -0.810. The summed E-state index contributed by atoms with van der Waals surface area (Å²) in [6.45, 7) is 2.55. The van der Waals surface area contributed by atoms with Gasteiger partial charge in [0.15, 0.2) is 0 Å². The van der Waals surface area contributed by atoms with Gasteiger partial charge in [-0.3, -0.25) is 0 Å². The molecule has 5 heteroatoms. The average Bonchev–Trinajstić information content (AvgIpc) is 1.95. The normalized spacial score (nSPS) is 10.2. The molecule has 0 unspecified atom stereocenters. The first-order valence-electron chi connectivity index (χ1n) is 3.88. The van der Waals surface area contributed by atoms with Crippen LogP contribution in [0.2, 0.25) is 0 Å². The average molecular weight is 175 g/mol. The molecular weight excluding hydrogens is 158 g/mol. The van der Waals surface area contributed by atoms with E-state index in [0.717, 1.165) is 6.54 Å². The van der Waals surface area contributed by atoms with Crippen LogP contribution in [0.1, 0.15) is 0 Å². The van der Waals surface area contributed by atoms with Crippen molar-refractivity contribution in [3.05, 3.63) is 0 Å².